The molecule has 0 unspecified atom stereocenters. The van der Waals surface area contributed by atoms with Gasteiger partial charge in [0.2, 0.25) is 0 Å². The van der Waals surface area contributed by atoms with Crippen molar-refractivity contribution in [2.24, 2.45) is 0 Å². The number of para-hydroxylation sites is 5. The second-order valence-corrected chi connectivity index (χ2v) is 27.2. The van der Waals surface area contributed by atoms with E-state index in [1.165, 1.54) is 15.6 Å². The molecule has 0 atom stereocenters. The van der Waals surface area contributed by atoms with Crippen LogP contribution in [0, 0.1) is 22.7 Å². The lowest BCUT2D eigenvalue weighted by molar-refractivity contribution is 0.591. The molecule has 8 heteroatoms. The third-order valence-corrected chi connectivity index (χ3v) is 20.3. The minimum Gasteiger partial charge on any atom is -0.454 e. The first-order valence-electron chi connectivity index (χ1n) is 30.8. The number of aromatic nitrogens is 4. The third-order valence-electron chi connectivity index (χ3n) is 19.1. The van der Waals surface area contributed by atoms with Crippen molar-refractivity contribution >= 4 is 141 Å². The molecule has 0 amide bonds. The first-order chi connectivity index (χ1) is 43.9. The highest BCUT2D eigenvalue weighted by Gasteiger charge is 2.37. The summed E-state index contributed by atoms with van der Waals surface area (Å²) in [6.07, 6.45) is 0. The van der Waals surface area contributed by atoms with Crippen LogP contribution in [0.25, 0.3) is 163 Å². The molecule has 12 aromatic carbocycles. The van der Waals surface area contributed by atoms with E-state index in [1.54, 1.807) is 11.3 Å². The molecule has 0 fully saturated rings. The highest BCUT2D eigenvalue weighted by molar-refractivity contribution is 7.26. The van der Waals surface area contributed by atoms with Crippen molar-refractivity contribution in [1.29, 1.82) is 10.5 Å². The molecule has 6 aromatic heterocycles. The van der Waals surface area contributed by atoms with Crippen LogP contribution in [0.1, 0.15) is 63.8 Å². The highest BCUT2D eigenvalue weighted by atomic mass is 32.1. The van der Waals surface area contributed by atoms with E-state index in [-0.39, 0.29) is 10.8 Å². The van der Waals surface area contributed by atoms with Gasteiger partial charge in [-0.05, 0) is 99.8 Å². The normalized spacial score (nSPS) is 12.5. The zero-order chi connectivity index (χ0) is 60.6. The lowest BCUT2D eigenvalue weighted by Gasteiger charge is -2.27. The van der Waals surface area contributed by atoms with Crippen molar-refractivity contribution in [3.05, 3.63) is 253 Å². The summed E-state index contributed by atoms with van der Waals surface area (Å²) in [5, 5.41) is 38.9. The second-order valence-electron chi connectivity index (χ2n) is 26.2. The Morgan fingerprint density at radius 3 is 1.42 bits per heavy atom. The number of benzene rings is 12. The molecular formula is C82H56N6OS. The SMILES string of the molecule is CC(C)(C)c1ccc2c(c1)c1cc(C(C)(C)C)c3c4ccccc4oc3c1n2-c1c(C#N)c(-n2c3ccccc3c3ccccc32)c(-n2c3ccc(-c4ccccc4)cc3c3ccc4c5ccccc5sc4c32)c(-n2c3ccccc3c3ccccc32)c1C#N. The van der Waals surface area contributed by atoms with Gasteiger partial charge in [0, 0.05) is 69.3 Å². The molecule has 0 saturated heterocycles. The minimum atomic E-state index is -0.316. The molecule has 0 N–H and O–H groups in total. The number of hydrogen-bond acceptors (Lipinski definition) is 4. The van der Waals surface area contributed by atoms with Crippen LogP contribution in [0.5, 0.6) is 0 Å². The molecule has 426 valence electrons. The van der Waals surface area contributed by atoms with Gasteiger partial charge in [-0.3, -0.25) is 0 Å². The van der Waals surface area contributed by atoms with Crippen molar-refractivity contribution in [1.82, 2.24) is 18.3 Å². The van der Waals surface area contributed by atoms with Gasteiger partial charge in [0.25, 0.3) is 0 Å². The van der Waals surface area contributed by atoms with Crippen LogP contribution in [0.4, 0.5) is 0 Å². The summed E-state index contributed by atoms with van der Waals surface area (Å²) >= 11 is 1.79. The van der Waals surface area contributed by atoms with Gasteiger partial charge in [-0.15, -0.1) is 11.3 Å². The highest BCUT2D eigenvalue weighted by Crippen LogP contribution is 2.53. The van der Waals surface area contributed by atoms with E-state index in [0.717, 1.165) is 130 Å². The molecule has 18 rings (SSSR count). The molecule has 90 heavy (non-hydrogen) atoms. The van der Waals surface area contributed by atoms with Crippen LogP contribution in [-0.4, -0.2) is 18.3 Å². The van der Waals surface area contributed by atoms with Crippen molar-refractivity contribution in [2.45, 2.75) is 52.4 Å². The predicted molar refractivity (Wildman–Crippen MR) is 376 cm³/mol. The largest absolute Gasteiger partial charge is 0.454 e. The molecule has 0 radical (unpaired) electrons. The van der Waals surface area contributed by atoms with E-state index in [9.17, 15) is 10.5 Å². The van der Waals surface area contributed by atoms with Crippen LogP contribution >= 0.6 is 11.3 Å². The number of thiophene rings is 1. The molecule has 18 aromatic rings. The van der Waals surface area contributed by atoms with E-state index in [2.05, 4.69) is 296 Å². The predicted octanol–water partition coefficient (Wildman–Crippen LogP) is 22.3. The van der Waals surface area contributed by atoms with Crippen molar-refractivity contribution in [2.75, 3.05) is 0 Å². The summed E-state index contributed by atoms with van der Waals surface area (Å²) in [5.41, 5.74) is 15.8. The molecule has 6 heterocycles. The van der Waals surface area contributed by atoms with Gasteiger partial charge in [0.1, 0.15) is 28.8 Å². The lowest BCUT2D eigenvalue weighted by Crippen LogP contribution is -2.17. The minimum absolute atomic E-state index is 0.215. The Bertz CT molecular complexity index is 6010. The van der Waals surface area contributed by atoms with E-state index in [0.29, 0.717) is 39.5 Å². The summed E-state index contributed by atoms with van der Waals surface area (Å²) in [4.78, 5) is 0. The number of rotatable bonds is 5. The maximum atomic E-state index is 13.2. The number of fused-ring (bicyclic) bond motifs is 20. The Morgan fingerprint density at radius 1 is 0.356 bits per heavy atom. The summed E-state index contributed by atoms with van der Waals surface area (Å²) < 4.78 is 19.0. The lowest BCUT2D eigenvalue weighted by atomic mass is 9.82. The third kappa shape index (κ3) is 7.08. The molecule has 0 bridgehead atoms. The average molecular weight is 1170 g/mol. The standard InChI is InChI=1S/C82H56N6OS/c1-81(2,3)49-37-41-69-59(43-49)60-44-63(82(4,5)6)72-57-29-14-20-34-70(57)89-79(72)76(60)87(69)73-61(45-83)74(85-64-30-16-10-24-50(64)51-25-11-17-31-65(51)85)78(75(62(73)46-84)86-66-32-18-12-26-52(66)53-27-13-19-33-67(53)86)88-68-40-36-48(47-22-8-7-9-23-47)42-58(68)55-38-39-56-54-28-15-21-35-71(54)90-80(56)77(55)88/h7-44H,1-6H3. The van der Waals surface area contributed by atoms with E-state index in [1.807, 2.05) is 6.07 Å². The maximum absolute atomic E-state index is 13.2. The Morgan fingerprint density at radius 2 is 0.844 bits per heavy atom. The van der Waals surface area contributed by atoms with E-state index < -0.39 is 0 Å². The van der Waals surface area contributed by atoms with Gasteiger partial charge in [0.05, 0.1) is 71.6 Å². The molecule has 0 aliphatic carbocycles. The first-order valence-corrected chi connectivity index (χ1v) is 31.6. The zero-order valence-corrected chi connectivity index (χ0v) is 51.3. The second kappa shape index (κ2) is 18.7. The quantitative estimate of drug-likeness (QED) is 0.172. The molecule has 0 aliphatic heterocycles. The Hall–Kier alpha value is -11.2. The van der Waals surface area contributed by atoms with Crippen LogP contribution in [0.3, 0.4) is 0 Å². The fourth-order valence-corrected chi connectivity index (χ4v) is 16.3. The number of furan rings is 1. The van der Waals surface area contributed by atoms with Crippen LogP contribution < -0.4 is 0 Å². The fraction of sp³-hybridized carbons (Fsp3) is 0.0976. The molecular weight excluding hydrogens is 1120 g/mol. The van der Waals surface area contributed by atoms with Crippen LogP contribution in [-0.2, 0) is 10.8 Å². The summed E-state index contributed by atoms with van der Waals surface area (Å²) in [6, 6.07) is 88.5. The molecule has 7 nitrogen and oxygen atoms in total. The number of nitriles is 2. The van der Waals surface area contributed by atoms with Gasteiger partial charge in [-0.25, -0.2) is 0 Å². The fourth-order valence-electron chi connectivity index (χ4n) is 15.1. The van der Waals surface area contributed by atoms with Gasteiger partial charge in [-0.1, -0.05) is 205 Å². The number of hydrogen-bond donors (Lipinski definition) is 0. The van der Waals surface area contributed by atoms with E-state index >= 15 is 0 Å². The van der Waals surface area contributed by atoms with Gasteiger partial charge in [0.15, 0.2) is 5.58 Å². The number of nitrogens with zero attached hydrogens (tertiary/aromatic N) is 6. The monoisotopic (exact) mass is 1170 g/mol. The summed E-state index contributed by atoms with van der Waals surface area (Å²) in [7, 11) is 0. The van der Waals surface area contributed by atoms with Crippen molar-refractivity contribution < 1.29 is 4.42 Å². The van der Waals surface area contributed by atoms with E-state index in [4.69, 9.17) is 4.42 Å². The van der Waals surface area contributed by atoms with Crippen LogP contribution in [0.2, 0.25) is 0 Å². The van der Waals surface area contributed by atoms with Gasteiger partial charge < -0.3 is 22.7 Å². The smallest absolute Gasteiger partial charge is 0.160 e. The molecule has 0 spiro atoms. The van der Waals surface area contributed by atoms with Crippen molar-refractivity contribution in [3.8, 4) is 46.0 Å². The Labute approximate surface area is 521 Å². The Balaban J connectivity index is 1.17. The molecule has 0 aliphatic rings. The van der Waals surface area contributed by atoms with Gasteiger partial charge in [-0.2, -0.15) is 10.5 Å². The first kappa shape index (κ1) is 52.0. The maximum Gasteiger partial charge on any atom is 0.160 e. The van der Waals surface area contributed by atoms with Gasteiger partial charge >= 0.3 is 0 Å². The summed E-state index contributed by atoms with van der Waals surface area (Å²) in [6.45, 7) is 13.6. The summed E-state index contributed by atoms with van der Waals surface area (Å²) in [5.74, 6) is 0. The van der Waals surface area contributed by atoms with Crippen LogP contribution in [0.15, 0.2) is 235 Å². The Kier molecular flexibility index (Phi) is 10.8. The zero-order valence-electron chi connectivity index (χ0n) is 50.4. The topological polar surface area (TPSA) is 80.4 Å². The average Bonchev–Trinajstić information content (AvgIpc) is 1.48. The van der Waals surface area contributed by atoms with Crippen molar-refractivity contribution in [3.63, 3.8) is 0 Å². The molecule has 0 saturated carbocycles.